The summed E-state index contributed by atoms with van der Waals surface area (Å²) in [6.45, 7) is 2.33. The largest absolute Gasteiger partial charge is 0.381 e. The highest BCUT2D eigenvalue weighted by molar-refractivity contribution is 5.85. The van der Waals surface area contributed by atoms with E-state index in [0.29, 0.717) is 13.0 Å². The second-order valence-corrected chi connectivity index (χ2v) is 6.08. The van der Waals surface area contributed by atoms with Crippen molar-refractivity contribution in [3.05, 3.63) is 48.0 Å². The van der Waals surface area contributed by atoms with E-state index in [4.69, 9.17) is 4.74 Å². The highest BCUT2D eigenvalue weighted by atomic mass is 16.5. The molecule has 3 nitrogen and oxygen atoms in total. The predicted octanol–water partition coefficient (Wildman–Crippen LogP) is 3.32. The summed E-state index contributed by atoms with van der Waals surface area (Å²) in [5.74, 6) is 0.889. The molecule has 0 radical (unpaired) electrons. The molecule has 2 aromatic carbocycles. The first-order chi connectivity index (χ1) is 10.8. The van der Waals surface area contributed by atoms with Gasteiger partial charge in [0.15, 0.2) is 0 Å². The van der Waals surface area contributed by atoms with E-state index in [-0.39, 0.29) is 5.91 Å². The van der Waals surface area contributed by atoms with Gasteiger partial charge in [-0.1, -0.05) is 42.5 Å². The number of amides is 1. The van der Waals surface area contributed by atoms with Crippen molar-refractivity contribution in [2.45, 2.75) is 25.7 Å². The zero-order valence-corrected chi connectivity index (χ0v) is 12.9. The minimum Gasteiger partial charge on any atom is -0.381 e. The highest BCUT2D eigenvalue weighted by Gasteiger charge is 2.20. The lowest BCUT2D eigenvalue weighted by atomic mass is 10.0. The van der Waals surface area contributed by atoms with Gasteiger partial charge in [0.2, 0.25) is 5.91 Å². The molecule has 1 aliphatic rings. The Morgan fingerprint density at radius 1 is 1.14 bits per heavy atom. The van der Waals surface area contributed by atoms with E-state index in [2.05, 4.69) is 29.6 Å². The monoisotopic (exact) mass is 297 g/mol. The molecule has 0 aromatic heterocycles. The van der Waals surface area contributed by atoms with Crippen LogP contribution in [0.1, 0.15) is 24.8 Å². The van der Waals surface area contributed by atoms with Crippen molar-refractivity contribution < 1.29 is 9.53 Å². The minimum atomic E-state index is 0.0810. The average molecular weight is 297 g/mol. The second kappa shape index (κ2) is 7.41. The predicted molar refractivity (Wildman–Crippen MR) is 88.8 cm³/mol. The summed E-state index contributed by atoms with van der Waals surface area (Å²) in [6, 6.07) is 14.4. The molecule has 3 heteroatoms. The molecule has 0 unspecified atom stereocenters. The zero-order chi connectivity index (χ0) is 15.2. The third-order valence-corrected chi connectivity index (χ3v) is 4.02. The van der Waals surface area contributed by atoms with Crippen LogP contribution in [0.4, 0.5) is 0 Å². The van der Waals surface area contributed by atoms with Crippen LogP contribution in [-0.4, -0.2) is 25.7 Å². The van der Waals surface area contributed by atoms with Gasteiger partial charge in [0.1, 0.15) is 0 Å². The number of fused-ring (bicyclic) bond motifs is 1. The van der Waals surface area contributed by atoms with Gasteiger partial charge in [0, 0.05) is 19.8 Å². The number of benzene rings is 2. The molecule has 1 fully saturated rings. The normalized spacial score (nSPS) is 14.2. The number of rotatable bonds is 8. The molecule has 0 saturated heterocycles. The van der Waals surface area contributed by atoms with Gasteiger partial charge in [0.25, 0.3) is 0 Å². The number of carbonyl (C=O) groups excluding carboxylic acids is 1. The molecule has 0 atom stereocenters. The van der Waals surface area contributed by atoms with Crippen LogP contribution in [0.2, 0.25) is 0 Å². The van der Waals surface area contributed by atoms with Crippen molar-refractivity contribution >= 4 is 16.7 Å². The fourth-order valence-corrected chi connectivity index (χ4v) is 2.53. The molecule has 3 rings (SSSR count). The van der Waals surface area contributed by atoms with Gasteiger partial charge in [0.05, 0.1) is 6.42 Å². The molecule has 1 saturated carbocycles. The van der Waals surface area contributed by atoms with Gasteiger partial charge in [-0.05, 0) is 41.5 Å². The number of hydrogen-bond donors (Lipinski definition) is 1. The Morgan fingerprint density at radius 2 is 1.95 bits per heavy atom. The fraction of sp³-hybridized carbons (Fsp3) is 0.421. The van der Waals surface area contributed by atoms with Gasteiger partial charge in [-0.15, -0.1) is 0 Å². The van der Waals surface area contributed by atoms with Crippen LogP contribution in [0.3, 0.4) is 0 Å². The summed E-state index contributed by atoms with van der Waals surface area (Å²) in [5, 5.41) is 5.35. The lowest BCUT2D eigenvalue weighted by molar-refractivity contribution is -0.120. The van der Waals surface area contributed by atoms with Crippen molar-refractivity contribution in [1.82, 2.24) is 5.32 Å². The second-order valence-electron chi connectivity index (χ2n) is 6.08. The quantitative estimate of drug-likeness (QED) is 0.759. The molecule has 1 amide bonds. The maximum absolute atomic E-state index is 11.9. The van der Waals surface area contributed by atoms with Crippen molar-refractivity contribution in [3.63, 3.8) is 0 Å². The first-order valence-corrected chi connectivity index (χ1v) is 8.13. The molecule has 116 valence electrons. The van der Waals surface area contributed by atoms with Gasteiger partial charge in [-0.2, -0.15) is 0 Å². The summed E-state index contributed by atoms with van der Waals surface area (Å²) < 4.78 is 5.55. The lowest BCUT2D eigenvalue weighted by Crippen LogP contribution is -2.26. The van der Waals surface area contributed by atoms with E-state index in [1.807, 2.05) is 18.2 Å². The van der Waals surface area contributed by atoms with Gasteiger partial charge in [-0.25, -0.2) is 0 Å². The smallest absolute Gasteiger partial charge is 0.224 e. The summed E-state index contributed by atoms with van der Waals surface area (Å²) in [7, 11) is 0. The molecule has 2 aromatic rings. The average Bonchev–Trinajstić information content (AvgIpc) is 3.35. The topological polar surface area (TPSA) is 38.3 Å². The first-order valence-electron chi connectivity index (χ1n) is 8.13. The SMILES string of the molecule is O=C(Cc1ccc2ccccc2c1)NCCCOCC1CC1. The molecule has 0 spiro atoms. The van der Waals surface area contributed by atoms with Crippen LogP contribution in [0.25, 0.3) is 10.8 Å². The molecular formula is C19H23NO2. The summed E-state index contributed by atoms with van der Waals surface area (Å²) >= 11 is 0. The lowest BCUT2D eigenvalue weighted by Gasteiger charge is -2.07. The van der Waals surface area contributed by atoms with Gasteiger partial charge < -0.3 is 10.1 Å². The van der Waals surface area contributed by atoms with E-state index in [0.717, 1.165) is 31.1 Å². The highest BCUT2D eigenvalue weighted by Crippen LogP contribution is 2.28. The maximum atomic E-state index is 11.9. The summed E-state index contributed by atoms with van der Waals surface area (Å²) in [6.07, 6.45) is 3.97. The molecule has 0 heterocycles. The van der Waals surface area contributed by atoms with Crippen molar-refractivity contribution in [2.75, 3.05) is 19.8 Å². The van der Waals surface area contributed by atoms with Crippen LogP contribution in [0.5, 0.6) is 0 Å². The third-order valence-electron chi connectivity index (χ3n) is 4.02. The van der Waals surface area contributed by atoms with Crippen molar-refractivity contribution in [2.24, 2.45) is 5.92 Å². The fourth-order valence-electron chi connectivity index (χ4n) is 2.53. The maximum Gasteiger partial charge on any atom is 0.224 e. The number of carbonyl (C=O) groups is 1. The minimum absolute atomic E-state index is 0.0810. The Kier molecular flexibility index (Phi) is 5.07. The molecule has 22 heavy (non-hydrogen) atoms. The molecule has 0 bridgehead atoms. The van der Waals surface area contributed by atoms with Gasteiger partial charge in [-0.3, -0.25) is 4.79 Å². The Balaban J connectivity index is 1.38. The number of nitrogens with one attached hydrogen (secondary N) is 1. The summed E-state index contributed by atoms with van der Waals surface area (Å²) in [5.41, 5.74) is 1.06. The first kappa shape index (κ1) is 15.0. The van der Waals surface area contributed by atoms with E-state index >= 15 is 0 Å². The number of ether oxygens (including phenoxy) is 1. The van der Waals surface area contributed by atoms with Crippen LogP contribution < -0.4 is 5.32 Å². The standard InChI is InChI=1S/C19H23NO2/c21-19(20-10-3-11-22-14-15-6-7-15)13-16-8-9-17-4-1-2-5-18(17)12-16/h1-2,4-5,8-9,12,15H,3,6-7,10-11,13-14H2,(H,20,21). The molecule has 1 N–H and O–H groups in total. The van der Waals surface area contributed by atoms with Crippen LogP contribution in [-0.2, 0) is 16.0 Å². The van der Waals surface area contributed by atoms with Crippen LogP contribution in [0, 0.1) is 5.92 Å². The Labute approximate surface area is 131 Å². The van der Waals surface area contributed by atoms with E-state index in [1.165, 1.54) is 23.6 Å². The molecule has 0 aliphatic heterocycles. The Morgan fingerprint density at radius 3 is 2.77 bits per heavy atom. The van der Waals surface area contributed by atoms with E-state index in [1.54, 1.807) is 0 Å². The van der Waals surface area contributed by atoms with E-state index < -0.39 is 0 Å². The Bertz CT molecular complexity index is 634. The summed E-state index contributed by atoms with van der Waals surface area (Å²) in [4.78, 5) is 11.9. The van der Waals surface area contributed by atoms with Crippen molar-refractivity contribution in [1.29, 1.82) is 0 Å². The van der Waals surface area contributed by atoms with Gasteiger partial charge >= 0.3 is 0 Å². The third kappa shape index (κ3) is 4.57. The van der Waals surface area contributed by atoms with Crippen LogP contribution in [0.15, 0.2) is 42.5 Å². The Hall–Kier alpha value is -1.87. The molecule has 1 aliphatic carbocycles. The van der Waals surface area contributed by atoms with Crippen molar-refractivity contribution in [3.8, 4) is 0 Å². The van der Waals surface area contributed by atoms with Crippen LogP contribution >= 0.6 is 0 Å². The zero-order valence-electron chi connectivity index (χ0n) is 12.9. The number of hydrogen-bond acceptors (Lipinski definition) is 2. The molecular weight excluding hydrogens is 274 g/mol. The van der Waals surface area contributed by atoms with E-state index in [9.17, 15) is 4.79 Å².